The third-order valence-electron chi connectivity index (χ3n) is 3.42. The van der Waals surface area contributed by atoms with Gasteiger partial charge in [0.15, 0.2) is 0 Å². The second-order valence-electron chi connectivity index (χ2n) is 5.49. The Labute approximate surface area is 160 Å². The van der Waals surface area contributed by atoms with Gasteiger partial charge < -0.3 is 19.5 Å². The lowest BCUT2D eigenvalue weighted by Gasteiger charge is -2.19. The van der Waals surface area contributed by atoms with Crippen LogP contribution in [0.5, 0.6) is 17.4 Å². The molecule has 1 aromatic heterocycles. The molecule has 2 rings (SSSR count). The average Bonchev–Trinajstić information content (AvgIpc) is 2.64. The van der Waals surface area contributed by atoms with Gasteiger partial charge in [-0.05, 0) is 18.2 Å². The summed E-state index contributed by atoms with van der Waals surface area (Å²) in [5.41, 5.74) is -1.51. The topological polar surface area (TPSA) is 69.7 Å². The van der Waals surface area contributed by atoms with Gasteiger partial charge in [0.2, 0.25) is 12.1 Å². The first-order valence-electron chi connectivity index (χ1n) is 7.75. The maximum atomic E-state index is 12.8. The number of nitrogens with zero attached hydrogens (tertiary/aromatic N) is 1. The summed E-state index contributed by atoms with van der Waals surface area (Å²) in [5, 5.41) is 1.59. The van der Waals surface area contributed by atoms with Gasteiger partial charge in [-0.2, -0.15) is 26.3 Å². The lowest BCUT2D eigenvalue weighted by atomic mass is 10.2. The fourth-order valence-corrected chi connectivity index (χ4v) is 2.09. The molecule has 0 saturated carbocycles. The molecule has 12 heteroatoms. The van der Waals surface area contributed by atoms with Crippen LogP contribution in [0.15, 0.2) is 36.4 Å². The Morgan fingerprint density at radius 3 is 2.28 bits per heavy atom. The number of aromatic nitrogens is 1. The molecule has 29 heavy (non-hydrogen) atoms. The van der Waals surface area contributed by atoms with E-state index >= 15 is 0 Å². The maximum absolute atomic E-state index is 12.8. The Morgan fingerprint density at radius 1 is 1.03 bits per heavy atom. The van der Waals surface area contributed by atoms with Crippen LogP contribution in [0.1, 0.15) is 16.1 Å². The number of rotatable bonds is 6. The molecule has 1 heterocycles. The van der Waals surface area contributed by atoms with Crippen LogP contribution in [0.25, 0.3) is 0 Å². The van der Waals surface area contributed by atoms with Crippen molar-refractivity contribution >= 4 is 5.91 Å². The Balaban J connectivity index is 2.30. The quantitative estimate of drug-likeness (QED) is 0.557. The molecule has 0 fully saturated rings. The number of alkyl halides is 6. The monoisotopic (exact) mass is 424 g/mol. The van der Waals surface area contributed by atoms with Crippen molar-refractivity contribution in [2.24, 2.45) is 0 Å². The summed E-state index contributed by atoms with van der Waals surface area (Å²) < 4.78 is 90.9. The van der Waals surface area contributed by atoms with E-state index in [2.05, 4.69) is 9.72 Å². The summed E-state index contributed by atoms with van der Waals surface area (Å²) in [7, 11) is 1.96. The molecule has 0 aliphatic rings. The SMILES string of the molecule is COc1cc(Oc2cccc(C(F)(F)F)c2)nc(C(=O)NC(OC)C(F)(F)F)c1. The molecular formula is C17H14F6N2O4. The number of benzene rings is 1. The smallest absolute Gasteiger partial charge is 0.433 e. The molecule has 0 spiro atoms. The highest BCUT2D eigenvalue weighted by atomic mass is 19.4. The summed E-state index contributed by atoms with van der Waals surface area (Å²) in [4.78, 5) is 15.8. The van der Waals surface area contributed by atoms with E-state index in [1.165, 1.54) is 13.2 Å². The normalized spacial score (nSPS) is 13.0. The zero-order valence-electron chi connectivity index (χ0n) is 14.9. The average molecular weight is 424 g/mol. The molecule has 1 amide bonds. The molecule has 6 nitrogen and oxygen atoms in total. The Hall–Kier alpha value is -3.02. The van der Waals surface area contributed by atoms with Crippen molar-refractivity contribution in [1.82, 2.24) is 10.3 Å². The second-order valence-corrected chi connectivity index (χ2v) is 5.49. The van der Waals surface area contributed by atoms with Gasteiger partial charge in [-0.3, -0.25) is 4.79 Å². The number of hydrogen-bond donors (Lipinski definition) is 1. The highest BCUT2D eigenvalue weighted by Crippen LogP contribution is 2.33. The van der Waals surface area contributed by atoms with Gasteiger partial charge in [-0.15, -0.1) is 0 Å². The van der Waals surface area contributed by atoms with E-state index in [9.17, 15) is 31.1 Å². The van der Waals surface area contributed by atoms with Crippen molar-refractivity contribution in [3.8, 4) is 17.4 Å². The van der Waals surface area contributed by atoms with E-state index in [0.29, 0.717) is 6.07 Å². The van der Waals surface area contributed by atoms with Crippen molar-refractivity contribution in [3.63, 3.8) is 0 Å². The third-order valence-corrected chi connectivity index (χ3v) is 3.42. The second kappa shape index (κ2) is 8.55. The number of hydrogen-bond acceptors (Lipinski definition) is 5. The van der Waals surface area contributed by atoms with Crippen LogP contribution in [0.4, 0.5) is 26.3 Å². The van der Waals surface area contributed by atoms with Gasteiger partial charge >= 0.3 is 12.4 Å². The van der Waals surface area contributed by atoms with Crippen molar-refractivity contribution in [2.45, 2.75) is 18.6 Å². The largest absolute Gasteiger partial charge is 0.496 e. The number of methoxy groups -OCH3 is 2. The first kappa shape index (κ1) is 22.3. The standard InChI is InChI=1S/C17H14F6N2O4/c1-27-11-7-12(14(26)25-15(28-2)17(21,22)23)24-13(8-11)29-10-5-3-4-9(6-10)16(18,19)20/h3-8,15H,1-2H3,(H,25,26). The first-order valence-corrected chi connectivity index (χ1v) is 7.75. The molecule has 0 bridgehead atoms. The fraction of sp³-hybridized carbons (Fsp3) is 0.294. The van der Waals surface area contributed by atoms with Crippen molar-refractivity contribution in [3.05, 3.63) is 47.7 Å². The van der Waals surface area contributed by atoms with Crippen LogP contribution < -0.4 is 14.8 Å². The predicted octanol–water partition coefficient (Wildman–Crippen LogP) is 4.17. The minimum absolute atomic E-state index is 0.0203. The van der Waals surface area contributed by atoms with Gasteiger partial charge in [0, 0.05) is 19.2 Å². The third kappa shape index (κ3) is 5.98. The molecule has 1 atom stereocenters. The number of amides is 1. The van der Waals surface area contributed by atoms with E-state index in [4.69, 9.17) is 9.47 Å². The number of ether oxygens (including phenoxy) is 3. The van der Waals surface area contributed by atoms with Gasteiger partial charge in [-0.1, -0.05) is 6.07 Å². The first-order chi connectivity index (χ1) is 13.4. The molecule has 0 saturated heterocycles. The fourth-order valence-electron chi connectivity index (χ4n) is 2.09. The van der Waals surface area contributed by atoms with Gasteiger partial charge in [0.1, 0.15) is 17.2 Å². The highest BCUT2D eigenvalue weighted by molar-refractivity contribution is 5.93. The number of nitrogens with one attached hydrogen (secondary N) is 1. The molecule has 158 valence electrons. The van der Waals surface area contributed by atoms with E-state index in [1.54, 1.807) is 5.32 Å². The van der Waals surface area contributed by atoms with Crippen LogP contribution in [0.2, 0.25) is 0 Å². The van der Waals surface area contributed by atoms with Crippen LogP contribution in [0.3, 0.4) is 0 Å². The molecule has 0 aliphatic heterocycles. The van der Waals surface area contributed by atoms with Crippen LogP contribution in [-0.2, 0) is 10.9 Å². The minimum atomic E-state index is -4.87. The van der Waals surface area contributed by atoms with Gasteiger partial charge in [-0.25, -0.2) is 4.98 Å². The van der Waals surface area contributed by atoms with Crippen LogP contribution >= 0.6 is 0 Å². The number of halogens is 6. The zero-order valence-corrected chi connectivity index (χ0v) is 14.9. The van der Waals surface area contributed by atoms with E-state index < -0.39 is 35.7 Å². The van der Waals surface area contributed by atoms with Crippen LogP contribution in [0, 0.1) is 0 Å². The zero-order chi connectivity index (χ0) is 21.8. The van der Waals surface area contributed by atoms with Gasteiger partial charge in [0.05, 0.1) is 12.7 Å². The number of carbonyl (C=O) groups is 1. The molecule has 0 aliphatic carbocycles. The lowest BCUT2D eigenvalue weighted by Crippen LogP contribution is -2.46. The summed E-state index contributed by atoms with van der Waals surface area (Å²) in [6, 6.07) is 6.00. The molecule has 1 unspecified atom stereocenters. The van der Waals surface area contributed by atoms with Crippen molar-refractivity contribution in [2.75, 3.05) is 14.2 Å². The molecule has 1 N–H and O–H groups in total. The van der Waals surface area contributed by atoms with Crippen LogP contribution in [-0.4, -0.2) is 37.5 Å². The summed E-state index contributed by atoms with van der Waals surface area (Å²) >= 11 is 0. The predicted molar refractivity (Wildman–Crippen MR) is 86.6 cm³/mol. The lowest BCUT2D eigenvalue weighted by molar-refractivity contribution is -0.218. The molecule has 0 radical (unpaired) electrons. The molecule has 2 aromatic rings. The Morgan fingerprint density at radius 2 is 1.72 bits per heavy atom. The summed E-state index contributed by atoms with van der Waals surface area (Å²) in [6.07, 6.45) is -12.1. The summed E-state index contributed by atoms with van der Waals surface area (Å²) in [6.45, 7) is 0. The molecule has 1 aromatic carbocycles. The van der Waals surface area contributed by atoms with Crippen molar-refractivity contribution in [1.29, 1.82) is 0 Å². The Kier molecular flexibility index (Phi) is 6.57. The number of carbonyl (C=O) groups excluding carboxylic acids is 1. The highest BCUT2D eigenvalue weighted by Gasteiger charge is 2.41. The molecular weight excluding hydrogens is 410 g/mol. The summed E-state index contributed by atoms with van der Waals surface area (Å²) in [5.74, 6) is -1.90. The Bertz CT molecular complexity index is 870. The van der Waals surface area contributed by atoms with E-state index in [1.807, 2.05) is 0 Å². The maximum Gasteiger partial charge on any atom is 0.433 e. The number of pyridine rings is 1. The minimum Gasteiger partial charge on any atom is -0.496 e. The van der Waals surface area contributed by atoms with E-state index in [-0.39, 0.29) is 17.4 Å². The van der Waals surface area contributed by atoms with Crippen molar-refractivity contribution < 1.29 is 45.3 Å². The van der Waals surface area contributed by atoms with E-state index in [0.717, 1.165) is 31.4 Å². The van der Waals surface area contributed by atoms with Gasteiger partial charge in [0.25, 0.3) is 5.91 Å².